The molecular weight excluding hydrogens is 258 g/mol. The average molecular weight is 269 g/mol. The maximum atomic E-state index is 10.8. The van der Waals surface area contributed by atoms with Gasteiger partial charge in [0.25, 0.3) is 0 Å². The minimum absolute atomic E-state index is 0.107. The highest BCUT2D eigenvalue weighted by Crippen LogP contribution is 2.23. The van der Waals surface area contributed by atoms with Gasteiger partial charge in [0.2, 0.25) is 0 Å². The van der Waals surface area contributed by atoms with Gasteiger partial charge in [-0.05, 0) is 19.1 Å². The molecule has 0 radical (unpaired) electrons. The van der Waals surface area contributed by atoms with Gasteiger partial charge in [0, 0.05) is 29.7 Å². The number of hydrogen-bond acceptors (Lipinski definition) is 4. The number of aromatic carboxylic acids is 1. The lowest BCUT2D eigenvalue weighted by molar-refractivity contribution is 0.0686. The highest BCUT2D eigenvalue weighted by Gasteiger charge is 2.12. The third kappa shape index (κ3) is 2.07. The molecular formula is C14H11N3O3. The van der Waals surface area contributed by atoms with Gasteiger partial charge < -0.3 is 14.2 Å². The molecule has 0 amide bonds. The Hall–Kier alpha value is -2.89. The van der Waals surface area contributed by atoms with Crippen LogP contribution in [0.5, 0.6) is 0 Å². The number of benzene rings is 1. The first kappa shape index (κ1) is 12.2. The molecule has 3 rings (SSSR count). The predicted octanol–water partition coefficient (Wildman–Crippen LogP) is 2.53. The topological polar surface area (TPSA) is 81.2 Å². The second kappa shape index (κ2) is 4.65. The highest BCUT2D eigenvalue weighted by atomic mass is 16.5. The lowest BCUT2D eigenvalue weighted by Gasteiger charge is -2.05. The smallest absolute Gasteiger partial charge is 0.358 e. The summed E-state index contributed by atoms with van der Waals surface area (Å²) in [7, 11) is 0. The molecule has 0 saturated carbocycles. The van der Waals surface area contributed by atoms with Gasteiger partial charge >= 0.3 is 5.97 Å². The van der Waals surface area contributed by atoms with E-state index in [-0.39, 0.29) is 5.69 Å². The number of imidazole rings is 1. The van der Waals surface area contributed by atoms with Crippen molar-refractivity contribution >= 4 is 5.97 Å². The van der Waals surface area contributed by atoms with Crippen LogP contribution in [0.2, 0.25) is 0 Å². The van der Waals surface area contributed by atoms with Gasteiger partial charge in [0.1, 0.15) is 5.82 Å². The Balaban J connectivity index is 2.03. The molecule has 0 atom stereocenters. The normalized spacial score (nSPS) is 10.7. The lowest BCUT2D eigenvalue weighted by atomic mass is 10.1. The van der Waals surface area contributed by atoms with E-state index in [0.29, 0.717) is 5.76 Å². The Bertz CT molecular complexity index is 773. The number of carboxylic acids is 1. The van der Waals surface area contributed by atoms with Crippen LogP contribution in [0, 0.1) is 6.92 Å². The van der Waals surface area contributed by atoms with Gasteiger partial charge in [0.05, 0.1) is 0 Å². The van der Waals surface area contributed by atoms with Gasteiger partial charge in [0.15, 0.2) is 11.5 Å². The second-order valence-electron chi connectivity index (χ2n) is 4.28. The van der Waals surface area contributed by atoms with Crippen LogP contribution in [0.25, 0.3) is 17.0 Å². The van der Waals surface area contributed by atoms with Crippen molar-refractivity contribution in [2.45, 2.75) is 6.92 Å². The van der Waals surface area contributed by atoms with E-state index in [0.717, 1.165) is 17.1 Å². The monoisotopic (exact) mass is 269 g/mol. The van der Waals surface area contributed by atoms with Crippen LogP contribution in [0.3, 0.4) is 0 Å². The van der Waals surface area contributed by atoms with Crippen molar-refractivity contribution in [3.05, 3.63) is 54.2 Å². The van der Waals surface area contributed by atoms with Crippen LogP contribution in [0.15, 0.2) is 47.2 Å². The van der Waals surface area contributed by atoms with Gasteiger partial charge in [-0.15, -0.1) is 0 Å². The molecule has 0 spiro atoms. The van der Waals surface area contributed by atoms with Crippen LogP contribution in [0.4, 0.5) is 0 Å². The Kier molecular flexibility index (Phi) is 2.83. The summed E-state index contributed by atoms with van der Waals surface area (Å²) in [5.74, 6) is 0.176. The van der Waals surface area contributed by atoms with Crippen LogP contribution in [0.1, 0.15) is 16.3 Å². The first-order valence-electron chi connectivity index (χ1n) is 5.96. The quantitative estimate of drug-likeness (QED) is 0.790. The van der Waals surface area contributed by atoms with Crippen LogP contribution >= 0.6 is 0 Å². The fourth-order valence-electron chi connectivity index (χ4n) is 1.97. The summed E-state index contributed by atoms with van der Waals surface area (Å²) in [4.78, 5) is 15.0. The van der Waals surface area contributed by atoms with E-state index >= 15 is 0 Å². The van der Waals surface area contributed by atoms with Crippen molar-refractivity contribution < 1.29 is 14.4 Å². The molecule has 6 nitrogen and oxygen atoms in total. The number of hydrogen-bond donors (Lipinski definition) is 1. The van der Waals surface area contributed by atoms with Gasteiger partial charge in [-0.25, -0.2) is 9.78 Å². The molecule has 0 fully saturated rings. The maximum absolute atomic E-state index is 10.8. The Labute approximate surface area is 114 Å². The summed E-state index contributed by atoms with van der Waals surface area (Å²) in [6.07, 6.45) is 3.58. The molecule has 6 heteroatoms. The minimum Gasteiger partial charge on any atom is -0.476 e. The van der Waals surface area contributed by atoms with Crippen LogP contribution in [-0.2, 0) is 0 Å². The lowest BCUT2D eigenvalue weighted by Crippen LogP contribution is -1.95. The minimum atomic E-state index is -1.11. The Morgan fingerprint density at radius 2 is 2.20 bits per heavy atom. The average Bonchev–Trinajstić information content (AvgIpc) is 3.07. The van der Waals surface area contributed by atoms with Gasteiger partial charge in [-0.2, -0.15) is 0 Å². The number of carbonyl (C=O) groups is 1. The molecule has 2 heterocycles. The van der Waals surface area contributed by atoms with Gasteiger partial charge in [-0.1, -0.05) is 17.3 Å². The van der Waals surface area contributed by atoms with Gasteiger partial charge in [-0.3, -0.25) is 0 Å². The van der Waals surface area contributed by atoms with Crippen molar-refractivity contribution in [3.8, 4) is 17.0 Å². The number of carboxylic acid groups (broad SMARTS) is 1. The third-order valence-electron chi connectivity index (χ3n) is 2.96. The first-order chi connectivity index (χ1) is 9.65. The highest BCUT2D eigenvalue weighted by molar-refractivity contribution is 5.86. The number of nitrogens with zero attached hydrogens (tertiary/aromatic N) is 3. The Morgan fingerprint density at radius 1 is 1.35 bits per heavy atom. The zero-order chi connectivity index (χ0) is 14.1. The molecule has 0 unspecified atom stereocenters. The van der Waals surface area contributed by atoms with Crippen molar-refractivity contribution in [1.82, 2.24) is 14.7 Å². The van der Waals surface area contributed by atoms with E-state index in [9.17, 15) is 4.79 Å². The fraction of sp³-hybridized carbons (Fsp3) is 0.0714. The van der Waals surface area contributed by atoms with Crippen molar-refractivity contribution in [2.75, 3.05) is 0 Å². The standard InChI is InChI=1S/C14H11N3O3/c1-9-15-5-6-17(9)11-4-2-3-10(7-11)13-8-12(14(18)19)16-20-13/h2-8H,1H3,(H,18,19). The molecule has 0 saturated heterocycles. The van der Waals surface area contributed by atoms with Crippen molar-refractivity contribution in [2.24, 2.45) is 0 Å². The first-order valence-corrected chi connectivity index (χ1v) is 5.96. The molecule has 0 aliphatic carbocycles. The van der Waals surface area contributed by atoms with E-state index < -0.39 is 5.97 Å². The molecule has 20 heavy (non-hydrogen) atoms. The zero-order valence-corrected chi connectivity index (χ0v) is 10.6. The van der Waals surface area contributed by atoms with E-state index in [1.165, 1.54) is 6.07 Å². The zero-order valence-electron chi connectivity index (χ0n) is 10.6. The fourth-order valence-corrected chi connectivity index (χ4v) is 1.97. The summed E-state index contributed by atoms with van der Waals surface area (Å²) < 4.78 is 6.99. The molecule has 0 bridgehead atoms. The number of aromatic nitrogens is 3. The molecule has 2 aromatic heterocycles. The molecule has 1 N–H and O–H groups in total. The maximum Gasteiger partial charge on any atom is 0.358 e. The van der Waals surface area contributed by atoms with Crippen molar-refractivity contribution in [3.63, 3.8) is 0 Å². The summed E-state index contributed by atoms with van der Waals surface area (Å²) in [6.45, 7) is 1.91. The molecule has 100 valence electrons. The second-order valence-corrected chi connectivity index (χ2v) is 4.28. The van der Waals surface area contributed by atoms with E-state index in [4.69, 9.17) is 9.63 Å². The third-order valence-corrected chi connectivity index (χ3v) is 2.96. The van der Waals surface area contributed by atoms with E-state index in [1.54, 1.807) is 6.20 Å². The Morgan fingerprint density at radius 3 is 2.85 bits per heavy atom. The van der Waals surface area contributed by atoms with E-state index in [1.807, 2.05) is 42.0 Å². The van der Waals surface area contributed by atoms with E-state index in [2.05, 4.69) is 10.1 Å². The largest absolute Gasteiger partial charge is 0.476 e. The molecule has 0 aliphatic rings. The summed E-state index contributed by atoms with van der Waals surface area (Å²) in [5, 5.41) is 12.4. The number of rotatable bonds is 3. The molecule has 3 aromatic rings. The molecule has 0 aliphatic heterocycles. The van der Waals surface area contributed by atoms with Crippen LogP contribution < -0.4 is 0 Å². The SMILES string of the molecule is Cc1nccn1-c1cccc(-c2cc(C(=O)O)no2)c1. The predicted molar refractivity (Wildman–Crippen MR) is 70.8 cm³/mol. The van der Waals surface area contributed by atoms with Crippen molar-refractivity contribution in [1.29, 1.82) is 0 Å². The molecule has 1 aromatic carbocycles. The summed E-state index contributed by atoms with van der Waals surface area (Å²) >= 11 is 0. The van der Waals surface area contributed by atoms with Crippen LogP contribution in [-0.4, -0.2) is 25.8 Å². The number of aryl methyl sites for hydroxylation is 1. The summed E-state index contributed by atoms with van der Waals surface area (Å²) in [5.41, 5.74) is 1.57. The summed E-state index contributed by atoms with van der Waals surface area (Å²) in [6, 6.07) is 8.94.